The van der Waals surface area contributed by atoms with Gasteiger partial charge in [-0.15, -0.1) is 0 Å². The number of carbonyl (C=O) groups excluding carboxylic acids is 1. The summed E-state index contributed by atoms with van der Waals surface area (Å²) in [4.78, 5) is 12.2. The minimum atomic E-state index is -3.88. The summed E-state index contributed by atoms with van der Waals surface area (Å²) < 4.78 is 37.3. The number of hydrogen-bond acceptors (Lipinski definition) is 5. The van der Waals surface area contributed by atoms with Crippen LogP contribution in [0.4, 0.5) is 0 Å². The third-order valence-corrected chi connectivity index (χ3v) is 5.19. The molecule has 0 saturated heterocycles. The highest BCUT2D eigenvalue weighted by Crippen LogP contribution is 2.21. The number of nitrogens with one attached hydrogen (secondary N) is 1. The molecule has 1 amide bonds. The van der Waals surface area contributed by atoms with Crippen molar-refractivity contribution in [2.24, 2.45) is 0 Å². The topological polar surface area (TPSA) is 88.9 Å². The molecule has 1 heterocycles. The van der Waals surface area contributed by atoms with E-state index in [9.17, 15) is 13.2 Å². The molecular weight excluding hydrogens is 344 g/mol. The Labute approximate surface area is 147 Å². The van der Waals surface area contributed by atoms with Crippen LogP contribution >= 0.6 is 0 Å². The van der Waals surface area contributed by atoms with Gasteiger partial charge in [-0.25, -0.2) is 8.42 Å². The molecule has 1 aromatic carbocycles. The summed E-state index contributed by atoms with van der Waals surface area (Å²) in [5.74, 6) is 0.627. The van der Waals surface area contributed by atoms with E-state index >= 15 is 0 Å². The van der Waals surface area contributed by atoms with Crippen LogP contribution in [0.25, 0.3) is 0 Å². The second-order valence-corrected chi connectivity index (χ2v) is 7.69. The summed E-state index contributed by atoms with van der Waals surface area (Å²) in [6.45, 7) is 3.29. The van der Waals surface area contributed by atoms with Crippen molar-refractivity contribution in [2.45, 2.75) is 31.3 Å². The van der Waals surface area contributed by atoms with Crippen LogP contribution < -0.4 is 10.1 Å². The van der Waals surface area contributed by atoms with Crippen LogP contribution in [0.5, 0.6) is 5.75 Å². The number of amides is 1. The number of hydrogen-bond donors (Lipinski definition) is 1. The lowest BCUT2D eigenvalue weighted by atomic mass is 10.3. The van der Waals surface area contributed by atoms with Crippen molar-refractivity contribution in [1.29, 1.82) is 0 Å². The zero-order valence-corrected chi connectivity index (χ0v) is 15.2. The van der Waals surface area contributed by atoms with Gasteiger partial charge in [0.05, 0.1) is 31.4 Å². The Morgan fingerprint density at radius 1 is 1.24 bits per heavy atom. The first-order valence-electron chi connectivity index (χ1n) is 7.79. The first kappa shape index (κ1) is 19.0. The van der Waals surface area contributed by atoms with Gasteiger partial charge in [-0.2, -0.15) is 4.31 Å². The highest BCUT2D eigenvalue weighted by atomic mass is 32.2. The number of furan rings is 1. The van der Waals surface area contributed by atoms with Gasteiger partial charge in [0.1, 0.15) is 11.5 Å². The third kappa shape index (κ3) is 5.07. The van der Waals surface area contributed by atoms with Gasteiger partial charge in [0, 0.05) is 6.04 Å². The first-order valence-corrected chi connectivity index (χ1v) is 9.23. The summed E-state index contributed by atoms with van der Waals surface area (Å²) in [7, 11) is -2.37. The average molecular weight is 366 g/mol. The van der Waals surface area contributed by atoms with E-state index in [4.69, 9.17) is 9.15 Å². The van der Waals surface area contributed by atoms with Gasteiger partial charge in [0.15, 0.2) is 0 Å². The van der Waals surface area contributed by atoms with Gasteiger partial charge in [0.2, 0.25) is 15.9 Å². The fraction of sp³-hybridized carbons (Fsp3) is 0.353. The van der Waals surface area contributed by atoms with E-state index in [1.165, 1.54) is 25.5 Å². The lowest BCUT2D eigenvalue weighted by Gasteiger charge is -2.21. The molecule has 136 valence electrons. The molecule has 8 heteroatoms. The molecule has 0 aliphatic heterocycles. The standard InChI is InChI=1S/C17H22N2O5S/c1-13(2)18-17(20)12-19(11-15-5-4-10-24-15)25(21,22)16-8-6-14(23-3)7-9-16/h4-10,13H,11-12H2,1-3H3,(H,18,20). The molecular formula is C17H22N2O5S. The average Bonchev–Trinajstić information content (AvgIpc) is 3.06. The molecule has 0 radical (unpaired) electrons. The lowest BCUT2D eigenvalue weighted by Crippen LogP contribution is -2.42. The van der Waals surface area contributed by atoms with Crippen molar-refractivity contribution in [3.8, 4) is 5.75 Å². The smallest absolute Gasteiger partial charge is 0.243 e. The molecule has 0 saturated carbocycles. The van der Waals surface area contributed by atoms with E-state index in [-0.39, 0.29) is 29.9 Å². The molecule has 0 atom stereocenters. The van der Waals surface area contributed by atoms with E-state index in [2.05, 4.69) is 5.32 Å². The molecule has 2 rings (SSSR count). The van der Waals surface area contributed by atoms with Crippen LogP contribution in [0.1, 0.15) is 19.6 Å². The van der Waals surface area contributed by atoms with Crippen molar-refractivity contribution < 1.29 is 22.4 Å². The molecule has 0 aliphatic rings. The van der Waals surface area contributed by atoms with Crippen LogP contribution in [-0.4, -0.2) is 38.3 Å². The minimum absolute atomic E-state index is 0.0348. The molecule has 25 heavy (non-hydrogen) atoms. The van der Waals surface area contributed by atoms with E-state index in [0.717, 1.165) is 4.31 Å². The Morgan fingerprint density at radius 3 is 2.44 bits per heavy atom. The normalized spacial score (nSPS) is 11.7. The fourth-order valence-electron chi connectivity index (χ4n) is 2.23. The Bertz CT molecular complexity index is 783. The van der Waals surface area contributed by atoms with Gasteiger partial charge >= 0.3 is 0 Å². The van der Waals surface area contributed by atoms with Crippen molar-refractivity contribution in [1.82, 2.24) is 9.62 Å². The predicted octanol–water partition coefficient (Wildman–Crippen LogP) is 2.00. The molecule has 0 bridgehead atoms. The highest BCUT2D eigenvalue weighted by Gasteiger charge is 2.28. The molecule has 0 unspecified atom stereocenters. The third-order valence-electron chi connectivity index (χ3n) is 3.38. The Morgan fingerprint density at radius 2 is 1.92 bits per heavy atom. The monoisotopic (exact) mass is 366 g/mol. The number of benzene rings is 1. The maximum atomic E-state index is 12.9. The van der Waals surface area contributed by atoms with Crippen LogP contribution in [0.2, 0.25) is 0 Å². The van der Waals surface area contributed by atoms with Crippen molar-refractivity contribution in [2.75, 3.05) is 13.7 Å². The van der Waals surface area contributed by atoms with E-state index in [1.807, 2.05) is 13.8 Å². The van der Waals surface area contributed by atoms with Gasteiger partial charge < -0.3 is 14.5 Å². The number of carbonyl (C=O) groups is 1. The Kier molecular flexibility index (Phi) is 6.22. The lowest BCUT2D eigenvalue weighted by molar-refractivity contribution is -0.121. The summed E-state index contributed by atoms with van der Waals surface area (Å²) in [6.07, 6.45) is 1.46. The first-order chi connectivity index (χ1) is 11.8. The van der Waals surface area contributed by atoms with Crippen molar-refractivity contribution in [3.63, 3.8) is 0 Å². The maximum Gasteiger partial charge on any atom is 0.243 e. The van der Waals surface area contributed by atoms with Crippen LogP contribution in [-0.2, 0) is 21.4 Å². The molecule has 7 nitrogen and oxygen atoms in total. The van der Waals surface area contributed by atoms with Crippen LogP contribution in [0, 0.1) is 0 Å². The largest absolute Gasteiger partial charge is 0.497 e. The van der Waals surface area contributed by atoms with E-state index in [0.29, 0.717) is 11.5 Å². The highest BCUT2D eigenvalue weighted by molar-refractivity contribution is 7.89. The number of ether oxygens (including phenoxy) is 1. The zero-order chi connectivity index (χ0) is 18.4. The summed E-state index contributed by atoms with van der Waals surface area (Å²) in [5.41, 5.74) is 0. The number of sulfonamides is 1. The quantitative estimate of drug-likeness (QED) is 0.772. The molecule has 1 aromatic heterocycles. The van der Waals surface area contributed by atoms with Gasteiger partial charge in [-0.3, -0.25) is 4.79 Å². The SMILES string of the molecule is COc1ccc(S(=O)(=O)N(CC(=O)NC(C)C)Cc2ccco2)cc1. The summed E-state index contributed by atoms with van der Waals surface area (Å²) in [5, 5.41) is 2.70. The second kappa shape index (κ2) is 8.17. The molecule has 1 N–H and O–H groups in total. The van der Waals surface area contributed by atoms with Gasteiger partial charge in [-0.1, -0.05) is 0 Å². The number of nitrogens with zero attached hydrogens (tertiary/aromatic N) is 1. The number of methoxy groups -OCH3 is 1. The maximum absolute atomic E-state index is 12.9. The molecule has 0 aliphatic carbocycles. The predicted molar refractivity (Wildman–Crippen MR) is 92.6 cm³/mol. The van der Waals surface area contributed by atoms with Gasteiger partial charge in [0.25, 0.3) is 0 Å². The van der Waals surface area contributed by atoms with Crippen molar-refractivity contribution >= 4 is 15.9 Å². The summed E-state index contributed by atoms with van der Waals surface area (Å²) in [6, 6.07) is 9.27. The van der Waals surface area contributed by atoms with Crippen molar-refractivity contribution in [3.05, 3.63) is 48.4 Å². The van der Waals surface area contributed by atoms with E-state index < -0.39 is 10.0 Å². The van der Waals surface area contributed by atoms with Crippen LogP contribution in [0.3, 0.4) is 0 Å². The molecule has 2 aromatic rings. The van der Waals surface area contributed by atoms with Crippen LogP contribution in [0.15, 0.2) is 52.0 Å². The van der Waals surface area contributed by atoms with Gasteiger partial charge in [-0.05, 0) is 50.2 Å². The minimum Gasteiger partial charge on any atom is -0.497 e. The summed E-state index contributed by atoms with van der Waals surface area (Å²) >= 11 is 0. The fourth-order valence-corrected chi connectivity index (χ4v) is 3.59. The Balaban J connectivity index is 2.29. The second-order valence-electron chi connectivity index (χ2n) is 5.75. The zero-order valence-electron chi connectivity index (χ0n) is 14.4. The number of rotatable bonds is 8. The molecule has 0 spiro atoms. The van der Waals surface area contributed by atoms with E-state index in [1.54, 1.807) is 24.3 Å². The molecule has 0 fully saturated rings. The Hall–Kier alpha value is -2.32.